The Labute approximate surface area is 83.5 Å². The molecule has 0 saturated carbocycles. The molecule has 0 aliphatic carbocycles. The number of methoxy groups -OCH3 is 1. The summed E-state index contributed by atoms with van der Waals surface area (Å²) in [5, 5.41) is 3.40. The van der Waals surface area contributed by atoms with Crippen molar-refractivity contribution in [1.29, 1.82) is 0 Å². The second kappa shape index (κ2) is 3.84. The van der Waals surface area contributed by atoms with Crippen molar-refractivity contribution in [2.75, 3.05) is 19.4 Å². The predicted octanol–water partition coefficient (Wildman–Crippen LogP) is 1.10. The van der Waals surface area contributed by atoms with Gasteiger partial charge in [-0.25, -0.2) is 4.98 Å². The number of pyridine rings is 1. The van der Waals surface area contributed by atoms with Gasteiger partial charge in [-0.3, -0.25) is 0 Å². The summed E-state index contributed by atoms with van der Waals surface area (Å²) in [7, 11) is 1.64. The van der Waals surface area contributed by atoms with E-state index in [1.807, 2.05) is 6.07 Å². The average molecular weight is 193 g/mol. The Morgan fingerprint density at radius 2 is 2.50 bits per heavy atom. The fourth-order valence-corrected chi connectivity index (χ4v) is 1.86. The van der Waals surface area contributed by atoms with Crippen LogP contribution in [0.5, 0.6) is 5.88 Å². The second-order valence-corrected chi connectivity index (χ2v) is 3.52. The van der Waals surface area contributed by atoms with Crippen LogP contribution in [-0.4, -0.2) is 18.6 Å². The van der Waals surface area contributed by atoms with Gasteiger partial charge in [0.25, 0.3) is 0 Å². The Bertz CT molecular complexity index is 321. The van der Waals surface area contributed by atoms with E-state index in [1.54, 1.807) is 13.3 Å². The van der Waals surface area contributed by atoms with Crippen molar-refractivity contribution in [3.8, 4) is 5.88 Å². The monoisotopic (exact) mass is 193 g/mol. The highest BCUT2D eigenvalue weighted by molar-refractivity contribution is 5.44. The molecule has 0 spiro atoms. The fourth-order valence-electron chi connectivity index (χ4n) is 1.86. The number of hydrogen-bond donors (Lipinski definition) is 2. The molecule has 1 aliphatic rings. The van der Waals surface area contributed by atoms with Crippen molar-refractivity contribution in [3.05, 3.63) is 17.8 Å². The van der Waals surface area contributed by atoms with Crippen LogP contribution in [0.15, 0.2) is 12.3 Å². The Morgan fingerprint density at radius 3 is 3.14 bits per heavy atom. The average Bonchev–Trinajstić information content (AvgIpc) is 2.70. The van der Waals surface area contributed by atoms with Gasteiger partial charge in [-0.2, -0.15) is 0 Å². The molecule has 3 N–H and O–H groups in total. The lowest BCUT2D eigenvalue weighted by atomic mass is 10.1. The molecule has 1 fully saturated rings. The molecule has 1 aromatic rings. The van der Waals surface area contributed by atoms with Gasteiger partial charge in [0.15, 0.2) is 0 Å². The van der Waals surface area contributed by atoms with E-state index >= 15 is 0 Å². The van der Waals surface area contributed by atoms with Crippen LogP contribution in [0.1, 0.15) is 24.4 Å². The molecule has 0 bridgehead atoms. The van der Waals surface area contributed by atoms with Crippen molar-refractivity contribution in [2.24, 2.45) is 0 Å². The molecule has 2 heterocycles. The zero-order valence-electron chi connectivity index (χ0n) is 8.29. The number of nitrogens with two attached hydrogens (primary N) is 1. The van der Waals surface area contributed by atoms with Crippen LogP contribution in [-0.2, 0) is 0 Å². The fraction of sp³-hybridized carbons (Fsp3) is 0.500. The van der Waals surface area contributed by atoms with Crippen molar-refractivity contribution in [1.82, 2.24) is 10.3 Å². The molecule has 1 saturated heterocycles. The molecular weight excluding hydrogens is 178 g/mol. The quantitative estimate of drug-likeness (QED) is 0.738. The lowest BCUT2D eigenvalue weighted by Gasteiger charge is -2.14. The van der Waals surface area contributed by atoms with E-state index in [2.05, 4.69) is 10.3 Å². The van der Waals surface area contributed by atoms with E-state index in [9.17, 15) is 0 Å². The number of nitrogen functional groups attached to an aromatic ring is 1. The number of rotatable bonds is 2. The van der Waals surface area contributed by atoms with Crippen molar-refractivity contribution in [2.45, 2.75) is 18.9 Å². The molecule has 76 valence electrons. The molecule has 2 rings (SSSR count). The summed E-state index contributed by atoms with van der Waals surface area (Å²) in [5.41, 5.74) is 7.47. The van der Waals surface area contributed by atoms with Gasteiger partial charge in [-0.05, 0) is 25.5 Å². The minimum absolute atomic E-state index is 0.348. The normalized spacial score (nSPS) is 21.1. The van der Waals surface area contributed by atoms with Crippen LogP contribution in [0.3, 0.4) is 0 Å². The number of nitrogens with zero attached hydrogens (tertiary/aromatic N) is 1. The Kier molecular flexibility index (Phi) is 2.54. The Balaban J connectivity index is 2.33. The smallest absolute Gasteiger partial charge is 0.217 e. The maximum atomic E-state index is 5.70. The van der Waals surface area contributed by atoms with Crippen LogP contribution < -0.4 is 15.8 Å². The van der Waals surface area contributed by atoms with E-state index in [0.29, 0.717) is 17.6 Å². The maximum absolute atomic E-state index is 5.70. The topological polar surface area (TPSA) is 60.2 Å². The van der Waals surface area contributed by atoms with Gasteiger partial charge in [-0.1, -0.05) is 0 Å². The molecule has 4 heteroatoms. The van der Waals surface area contributed by atoms with Gasteiger partial charge >= 0.3 is 0 Å². The summed E-state index contributed by atoms with van der Waals surface area (Å²) >= 11 is 0. The van der Waals surface area contributed by atoms with Crippen LogP contribution in [0, 0.1) is 0 Å². The number of anilines is 1. The SMILES string of the molecule is COc1ncc(N)cc1C1CCCN1. The number of aromatic nitrogens is 1. The number of hydrogen-bond acceptors (Lipinski definition) is 4. The summed E-state index contributed by atoms with van der Waals surface area (Å²) in [6, 6.07) is 2.29. The first-order valence-corrected chi connectivity index (χ1v) is 4.84. The van der Waals surface area contributed by atoms with Crippen molar-refractivity contribution < 1.29 is 4.74 Å². The number of ether oxygens (including phenoxy) is 1. The van der Waals surface area contributed by atoms with Crippen molar-refractivity contribution in [3.63, 3.8) is 0 Å². The largest absolute Gasteiger partial charge is 0.481 e. The molecule has 1 aliphatic heterocycles. The Hall–Kier alpha value is -1.29. The summed E-state index contributed by atoms with van der Waals surface area (Å²) in [6.45, 7) is 1.06. The minimum atomic E-state index is 0.348. The summed E-state index contributed by atoms with van der Waals surface area (Å²) in [4.78, 5) is 4.15. The highest BCUT2D eigenvalue weighted by atomic mass is 16.5. The van der Waals surface area contributed by atoms with E-state index in [-0.39, 0.29) is 0 Å². The lowest BCUT2D eigenvalue weighted by molar-refractivity contribution is 0.386. The highest BCUT2D eigenvalue weighted by Crippen LogP contribution is 2.30. The molecule has 0 aromatic carbocycles. The van der Waals surface area contributed by atoms with Gasteiger partial charge in [0.05, 0.1) is 19.0 Å². The summed E-state index contributed by atoms with van der Waals surface area (Å²) in [6.07, 6.45) is 3.95. The first-order chi connectivity index (χ1) is 6.81. The van der Waals surface area contributed by atoms with Gasteiger partial charge in [0.1, 0.15) is 0 Å². The van der Waals surface area contributed by atoms with Gasteiger partial charge < -0.3 is 15.8 Å². The molecule has 1 aromatic heterocycles. The molecule has 0 radical (unpaired) electrons. The van der Waals surface area contributed by atoms with E-state index in [0.717, 1.165) is 18.5 Å². The summed E-state index contributed by atoms with van der Waals surface area (Å²) in [5.74, 6) is 0.679. The van der Waals surface area contributed by atoms with Crippen LogP contribution >= 0.6 is 0 Å². The third-order valence-corrected chi connectivity index (χ3v) is 2.53. The standard InChI is InChI=1S/C10H15N3O/c1-14-10-8(5-7(11)6-13-10)9-3-2-4-12-9/h5-6,9,12H,2-4,11H2,1H3. The third-order valence-electron chi connectivity index (χ3n) is 2.53. The van der Waals surface area contributed by atoms with Gasteiger partial charge in [0.2, 0.25) is 5.88 Å². The van der Waals surface area contributed by atoms with E-state index in [1.165, 1.54) is 6.42 Å². The van der Waals surface area contributed by atoms with Gasteiger partial charge in [0, 0.05) is 11.6 Å². The summed E-state index contributed by atoms with van der Waals surface area (Å²) < 4.78 is 5.21. The molecule has 1 atom stereocenters. The molecular formula is C10H15N3O. The van der Waals surface area contributed by atoms with Crippen LogP contribution in [0.2, 0.25) is 0 Å². The molecule has 14 heavy (non-hydrogen) atoms. The predicted molar refractivity (Wildman–Crippen MR) is 55.2 cm³/mol. The zero-order valence-corrected chi connectivity index (χ0v) is 8.29. The van der Waals surface area contributed by atoms with E-state index in [4.69, 9.17) is 10.5 Å². The van der Waals surface area contributed by atoms with E-state index < -0.39 is 0 Å². The van der Waals surface area contributed by atoms with Crippen LogP contribution in [0.25, 0.3) is 0 Å². The Morgan fingerprint density at radius 1 is 1.64 bits per heavy atom. The first-order valence-electron chi connectivity index (χ1n) is 4.84. The highest BCUT2D eigenvalue weighted by Gasteiger charge is 2.20. The maximum Gasteiger partial charge on any atom is 0.217 e. The molecule has 1 unspecified atom stereocenters. The first kappa shape index (κ1) is 9.27. The van der Waals surface area contributed by atoms with Gasteiger partial charge in [-0.15, -0.1) is 0 Å². The number of nitrogens with one attached hydrogen (secondary N) is 1. The molecule has 0 amide bonds. The van der Waals surface area contributed by atoms with Crippen LogP contribution in [0.4, 0.5) is 5.69 Å². The lowest BCUT2D eigenvalue weighted by Crippen LogP contribution is -2.14. The second-order valence-electron chi connectivity index (χ2n) is 3.52. The molecule has 4 nitrogen and oxygen atoms in total. The zero-order chi connectivity index (χ0) is 9.97. The minimum Gasteiger partial charge on any atom is -0.481 e. The van der Waals surface area contributed by atoms with Crippen molar-refractivity contribution >= 4 is 5.69 Å². The third kappa shape index (κ3) is 1.65.